The number of carbonyl (C=O) groups is 1. The third-order valence-electron chi connectivity index (χ3n) is 7.98. The molecule has 0 aliphatic carbocycles. The van der Waals surface area contributed by atoms with Crippen LogP contribution in [0.3, 0.4) is 0 Å². The molecule has 0 atom stereocenters. The number of carbonyl (C=O) groups excluding carboxylic acids is 1. The van der Waals surface area contributed by atoms with Crippen LogP contribution >= 0.6 is 0 Å². The van der Waals surface area contributed by atoms with Crippen molar-refractivity contribution in [2.45, 2.75) is 87.0 Å². The summed E-state index contributed by atoms with van der Waals surface area (Å²) in [6.07, 6.45) is 6.80. The van der Waals surface area contributed by atoms with E-state index in [4.69, 9.17) is 4.98 Å². The molecule has 1 N–H and O–H groups in total. The van der Waals surface area contributed by atoms with Gasteiger partial charge in [0.15, 0.2) is 5.78 Å². The van der Waals surface area contributed by atoms with Gasteiger partial charge in [-0.1, -0.05) is 79.7 Å². The smallest absolute Gasteiger partial charge is 0.162 e. The maximum absolute atomic E-state index is 14.8. The second kappa shape index (κ2) is 16.1. The minimum Gasteiger partial charge on any atom is -0.512 e. The molecule has 4 aromatic rings. The van der Waals surface area contributed by atoms with Crippen molar-refractivity contribution >= 4 is 27.3 Å². The Kier molecular flexibility index (Phi) is 13.5. The number of aryl methyl sites for hydroxylation is 2. The Morgan fingerprint density at radius 1 is 0.929 bits per heavy atom. The number of hydrogen-bond acceptors (Lipinski definition) is 3. The molecule has 42 heavy (non-hydrogen) atoms. The molecule has 0 unspecified atom stereocenters. The molecule has 227 valence electrons. The van der Waals surface area contributed by atoms with E-state index in [1.165, 1.54) is 11.6 Å². The summed E-state index contributed by atoms with van der Waals surface area (Å²) in [7, 11) is 0. The Bertz CT molecular complexity index is 1510. The van der Waals surface area contributed by atoms with E-state index in [1.807, 2.05) is 65.1 Å². The third kappa shape index (κ3) is 8.14. The molecule has 0 aliphatic rings. The predicted octanol–water partition coefficient (Wildman–Crippen LogP) is 10.6. The van der Waals surface area contributed by atoms with Gasteiger partial charge < -0.3 is 10.1 Å². The number of fused-ring (bicyclic) bond motifs is 3. The van der Waals surface area contributed by atoms with Crippen LogP contribution < -0.4 is 0 Å². The average Bonchev–Trinajstić information content (AvgIpc) is 2.93. The molecule has 0 saturated carbocycles. The number of aromatic nitrogens is 1. The van der Waals surface area contributed by atoms with Crippen LogP contribution in [0, 0.1) is 37.6 Å². The van der Waals surface area contributed by atoms with Crippen LogP contribution in [0.1, 0.15) is 89.8 Å². The zero-order chi connectivity index (χ0) is 30.3. The van der Waals surface area contributed by atoms with Gasteiger partial charge in [0.25, 0.3) is 0 Å². The zero-order valence-electron chi connectivity index (χ0n) is 26.3. The van der Waals surface area contributed by atoms with Crippen molar-refractivity contribution in [3.05, 3.63) is 89.1 Å². The molecule has 4 rings (SSSR count). The van der Waals surface area contributed by atoms with E-state index in [0.29, 0.717) is 5.39 Å². The van der Waals surface area contributed by atoms with Crippen LogP contribution in [-0.4, -0.2) is 15.9 Å². The van der Waals surface area contributed by atoms with Crippen molar-refractivity contribution in [1.29, 1.82) is 0 Å². The first-order chi connectivity index (χ1) is 19.6. The molecule has 5 heteroatoms. The van der Waals surface area contributed by atoms with E-state index < -0.39 is 0 Å². The minimum atomic E-state index is -0.184. The van der Waals surface area contributed by atoms with Crippen molar-refractivity contribution in [3.63, 3.8) is 0 Å². The largest absolute Gasteiger partial charge is 0.512 e. The molecular formula is C37H45FIrNO2-. The van der Waals surface area contributed by atoms with Crippen molar-refractivity contribution in [1.82, 2.24) is 4.98 Å². The van der Waals surface area contributed by atoms with Crippen molar-refractivity contribution < 1.29 is 34.4 Å². The molecule has 0 saturated heterocycles. The summed E-state index contributed by atoms with van der Waals surface area (Å²) in [5, 5.41) is 13.2. The van der Waals surface area contributed by atoms with Gasteiger partial charge in [-0.2, -0.15) is 0 Å². The molecule has 1 radical (unpaired) electrons. The van der Waals surface area contributed by atoms with Crippen molar-refractivity contribution in [3.8, 4) is 11.3 Å². The summed E-state index contributed by atoms with van der Waals surface area (Å²) < 4.78 is 14.8. The number of benzene rings is 3. The summed E-state index contributed by atoms with van der Waals surface area (Å²) in [5.41, 5.74) is 5.14. The molecule has 0 spiro atoms. The number of halogens is 1. The molecule has 0 fully saturated rings. The van der Waals surface area contributed by atoms with Gasteiger partial charge in [-0.05, 0) is 65.1 Å². The standard InChI is InChI=1S/C24H21FN.C13H24O2.Ir/c1-14(2)21-13-26-24(17-10-15(3)9-16(4)11-17)23-19-8-6-5-7-18(19)22(25)12-20(21)23;1-5-10(6-2)12(14)9-13(15)11(7-3)8-4;/h5-10,12-14H,1-4H3;9-11,14H,5-8H2,1-4H3;/q-1;;/b;12-9-;. The van der Waals surface area contributed by atoms with Gasteiger partial charge in [-0.3, -0.25) is 4.79 Å². The summed E-state index contributed by atoms with van der Waals surface area (Å²) >= 11 is 0. The first kappa shape index (κ1) is 35.3. The maximum Gasteiger partial charge on any atom is 0.162 e. The number of hydrogen-bond donors (Lipinski definition) is 1. The fourth-order valence-electron chi connectivity index (χ4n) is 5.55. The number of aliphatic hydroxyl groups excluding tert-OH is 1. The topological polar surface area (TPSA) is 50.2 Å². The average molecular weight is 747 g/mol. The van der Waals surface area contributed by atoms with Gasteiger partial charge in [0.1, 0.15) is 5.82 Å². The number of rotatable bonds is 9. The number of aliphatic hydroxyl groups is 1. The Labute approximate surface area is 265 Å². The maximum atomic E-state index is 14.8. The second-order valence-corrected chi connectivity index (χ2v) is 11.3. The molecule has 1 aromatic heterocycles. The fourth-order valence-corrected chi connectivity index (χ4v) is 5.55. The SMILES string of the molecule is CCC(CC)C(=O)/C=C(\O)C(CC)CC.Cc1[c-]c(-c2ncc(C(C)C)c3cc(F)c4ccccc4c23)cc(C)c1.[Ir]. The summed E-state index contributed by atoms with van der Waals surface area (Å²) in [6, 6.07) is 16.9. The van der Waals surface area contributed by atoms with Crippen LogP contribution in [0.25, 0.3) is 32.8 Å². The molecule has 0 aliphatic heterocycles. The second-order valence-electron chi connectivity index (χ2n) is 11.3. The van der Waals surface area contributed by atoms with Crippen molar-refractivity contribution in [2.75, 3.05) is 0 Å². The van der Waals surface area contributed by atoms with E-state index in [9.17, 15) is 14.3 Å². The number of allylic oxidation sites excluding steroid dienone is 2. The number of nitrogens with zero attached hydrogens (tertiary/aromatic N) is 1. The molecule has 3 aromatic carbocycles. The molecule has 3 nitrogen and oxygen atoms in total. The number of pyridine rings is 1. The first-order valence-corrected chi connectivity index (χ1v) is 15.0. The molecule has 0 amide bonds. The molecular weight excluding hydrogens is 702 g/mol. The third-order valence-corrected chi connectivity index (χ3v) is 7.98. The summed E-state index contributed by atoms with van der Waals surface area (Å²) in [5.74, 6) is 0.630. The number of ketones is 1. The van der Waals surface area contributed by atoms with Gasteiger partial charge in [-0.15, -0.1) is 34.9 Å². The Morgan fingerprint density at radius 2 is 1.52 bits per heavy atom. The molecule has 1 heterocycles. The van der Waals surface area contributed by atoms with Gasteiger partial charge in [0.2, 0.25) is 0 Å². The first-order valence-electron chi connectivity index (χ1n) is 15.0. The van der Waals surface area contributed by atoms with E-state index >= 15 is 0 Å². The zero-order valence-corrected chi connectivity index (χ0v) is 28.7. The van der Waals surface area contributed by atoms with Gasteiger partial charge in [0.05, 0.1) is 5.76 Å². The fraction of sp³-hybridized carbons (Fsp3) is 0.405. The molecule has 0 bridgehead atoms. The Morgan fingerprint density at radius 3 is 2.07 bits per heavy atom. The van der Waals surface area contributed by atoms with Gasteiger partial charge in [-0.25, -0.2) is 4.39 Å². The van der Waals surface area contributed by atoms with Crippen LogP contribution in [0.15, 0.2) is 60.5 Å². The van der Waals surface area contributed by atoms with E-state index in [1.54, 1.807) is 6.07 Å². The van der Waals surface area contributed by atoms with Crippen LogP contribution in [0.5, 0.6) is 0 Å². The van der Waals surface area contributed by atoms with Crippen LogP contribution in [0.2, 0.25) is 0 Å². The summed E-state index contributed by atoms with van der Waals surface area (Å²) in [4.78, 5) is 16.5. The predicted molar refractivity (Wildman–Crippen MR) is 171 cm³/mol. The van der Waals surface area contributed by atoms with Crippen LogP contribution in [0.4, 0.5) is 4.39 Å². The van der Waals surface area contributed by atoms with E-state index in [0.717, 1.165) is 64.2 Å². The Hall–Kier alpha value is -2.88. The quantitative estimate of drug-likeness (QED) is 0.0803. The summed E-state index contributed by atoms with van der Waals surface area (Å²) in [6.45, 7) is 16.4. The van der Waals surface area contributed by atoms with Gasteiger partial charge >= 0.3 is 0 Å². The van der Waals surface area contributed by atoms with Crippen molar-refractivity contribution in [2.24, 2.45) is 11.8 Å². The van der Waals surface area contributed by atoms with E-state index in [-0.39, 0.29) is 55.2 Å². The Balaban J connectivity index is 0.000000334. The van der Waals surface area contributed by atoms with Crippen LogP contribution in [-0.2, 0) is 24.9 Å². The normalized spacial score (nSPS) is 11.7. The monoisotopic (exact) mass is 747 g/mol. The van der Waals surface area contributed by atoms with Gasteiger partial charge in [0, 0.05) is 49.6 Å². The minimum absolute atomic E-state index is 0. The van der Waals surface area contributed by atoms with E-state index in [2.05, 4.69) is 39.0 Å².